The van der Waals surface area contributed by atoms with Crippen molar-refractivity contribution in [2.45, 2.75) is 25.4 Å². The van der Waals surface area contributed by atoms with E-state index in [1.807, 2.05) is 30.3 Å². The Morgan fingerprint density at radius 2 is 2.27 bits per heavy atom. The Morgan fingerprint density at radius 3 is 3.09 bits per heavy atom. The Morgan fingerprint density at radius 1 is 1.32 bits per heavy atom. The summed E-state index contributed by atoms with van der Waals surface area (Å²) < 4.78 is 0. The average Bonchev–Trinajstić information content (AvgIpc) is 2.61. The predicted molar refractivity (Wildman–Crippen MR) is 85.3 cm³/mol. The standard InChI is InChI=1S/C17H19N5/c18-11-14-4-1-5-15(10-14)12-19-16-6-3-9-22(13-16)17-7-2-8-20-21-17/h1-2,4-5,7-8,10,16,19H,3,6,9,12-13H2. The van der Waals surface area contributed by atoms with Crippen molar-refractivity contribution in [2.24, 2.45) is 0 Å². The Hall–Kier alpha value is -2.45. The van der Waals surface area contributed by atoms with Gasteiger partial charge in [0.05, 0.1) is 11.6 Å². The lowest BCUT2D eigenvalue weighted by atomic mass is 10.0. The largest absolute Gasteiger partial charge is 0.354 e. The first-order chi connectivity index (χ1) is 10.8. The number of benzene rings is 1. The summed E-state index contributed by atoms with van der Waals surface area (Å²) >= 11 is 0. The van der Waals surface area contributed by atoms with Crippen molar-refractivity contribution in [3.05, 3.63) is 53.7 Å². The molecule has 0 saturated carbocycles. The van der Waals surface area contributed by atoms with Crippen LogP contribution in [0.2, 0.25) is 0 Å². The minimum atomic E-state index is 0.432. The molecule has 22 heavy (non-hydrogen) atoms. The summed E-state index contributed by atoms with van der Waals surface area (Å²) in [5.41, 5.74) is 1.86. The third-order valence-corrected chi connectivity index (χ3v) is 3.95. The molecule has 0 radical (unpaired) electrons. The van der Waals surface area contributed by atoms with Crippen molar-refractivity contribution in [2.75, 3.05) is 18.0 Å². The molecule has 5 nitrogen and oxygen atoms in total. The van der Waals surface area contributed by atoms with Gasteiger partial charge in [-0.15, -0.1) is 5.10 Å². The highest BCUT2D eigenvalue weighted by Crippen LogP contribution is 2.17. The van der Waals surface area contributed by atoms with Gasteiger partial charge in [-0.05, 0) is 42.7 Å². The van der Waals surface area contributed by atoms with E-state index in [0.717, 1.165) is 43.9 Å². The molecule has 0 aliphatic carbocycles. The molecule has 1 aliphatic heterocycles. The summed E-state index contributed by atoms with van der Waals surface area (Å²) in [6, 6.07) is 14.3. The van der Waals surface area contributed by atoms with Gasteiger partial charge in [-0.1, -0.05) is 12.1 Å². The molecule has 2 aromatic rings. The summed E-state index contributed by atoms with van der Waals surface area (Å²) in [4.78, 5) is 2.28. The highest BCUT2D eigenvalue weighted by Gasteiger charge is 2.20. The molecular weight excluding hydrogens is 274 g/mol. The second-order valence-corrected chi connectivity index (χ2v) is 5.56. The summed E-state index contributed by atoms with van der Waals surface area (Å²) in [6.45, 7) is 2.76. The molecule has 0 amide bonds. The molecule has 1 aliphatic rings. The van der Waals surface area contributed by atoms with E-state index in [2.05, 4.69) is 32.5 Å². The number of nitriles is 1. The Bertz CT molecular complexity index is 650. The fraction of sp³-hybridized carbons (Fsp3) is 0.353. The highest BCUT2D eigenvalue weighted by molar-refractivity contribution is 5.37. The smallest absolute Gasteiger partial charge is 0.151 e. The molecule has 3 rings (SSSR count). The van der Waals surface area contributed by atoms with Gasteiger partial charge in [0, 0.05) is 31.9 Å². The number of nitrogens with zero attached hydrogens (tertiary/aromatic N) is 4. The molecule has 1 aromatic carbocycles. The summed E-state index contributed by atoms with van der Waals surface area (Å²) in [5, 5.41) is 20.7. The fourth-order valence-corrected chi connectivity index (χ4v) is 2.83. The SMILES string of the molecule is N#Cc1cccc(CNC2CCCN(c3cccnn3)C2)c1. The van der Waals surface area contributed by atoms with E-state index >= 15 is 0 Å². The minimum Gasteiger partial charge on any atom is -0.354 e. The zero-order valence-corrected chi connectivity index (χ0v) is 12.4. The van der Waals surface area contributed by atoms with Crippen LogP contribution in [0, 0.1) is 11.3 Å². The number of aromatic nitrogens is 2. The molecular formula is C17H19N5. The molecule has 1 atom stereocenters. The Balaban J connectivity index is 1.58. The molecule has 2 heterocycles. The van der Waals surface area contributed by atoms with E-state index < -0.39 is 0 Å². The third kappa shape index (κ3) is 3.60. The van der Waals surface area contributed by atoms with Crippen molar-refractivity contribution in [1.82, 2.24) is 15.5 Å². The van der Waals surface area contributed by atoms with Crippen LogP contribution < -0.4 is 10.2 Å². The van der Waals surface area contributed by atoms with Gasteiger partial charge in [0.25, 0.3) is 0 Å². The van der Waals surface area contributed by atoms with Crippen LogP contribution in [0.3, 0.4) is 0 Å². The van der Waals surface area contributed by atoms with Crippen molar-refractivity contribution in [3.8, 4) is 6.07 Å². The predicted octanol–water partition coefficient (Wildman–Crippen LogP) is 2.11. The summed E-state index contributed by atoms with van der Waals surface area (Å²) in [5.74, 6) is 0.945. The summed E-state index contributed by atoms with van der Waals surface area (Å²) in [7, 11) is 0. The molecule has 1 aromatic heterocycles. The monoisotopic (exact) mass is 293 g/mol. The van der Waals surface area contributed by atoms with Gasteiger partial charge in [-0.25, -0.2) is 0 Å². The molecule has 1 fully saturated rings. The van der Waals surface area contributed by atoms with Crippen LogP contribution in [-0.2, 0) is 6.54 Å². The van der Waals surface area contributed by atoms with Crippen LogP contribution in [0.4, 0.5) is 5.82 Å². The van der Waals surface area contributed by atoms with E-state index in [1.54, 1.807) is 6.20 Å². The van der Waals surface area contributed by atoms with Gasteiger partial charge in [0.2, 0.25) is 0 Å². The maximum absolute atomic E-state index is 8.95. The minimum absolute atomic E-state index is 0.432. The van der Waals surface area contributed by atoms with Crippen LogP contribution in [-0.4, -0.2) is 29.3 Å². The fourth-order valence-electron chi connectivity index (χ4n) is 2.83. The van der Waals surface area contributed by atoms with Crippen LogP contribution >= 0.6 is 0 Å². The first-order valence-electron chi connectivity index (χ1n) is 7.60. The topological polar surface area (TPSA) is 64.8 Å². The quantitative estimate of drug-likeness (QED) is 0.935. The van der Waals surface area contributed by atoms with Crippen molar-refractivity contribution in [1.29, 1.82) is 5.26 Å². The number of nitrogens with one attached hydrogen (secondary N) is 1. The molecule has 1 N–H and O–H groups in total. The van der Waals surface area contributed by atoms with Gasteiger partial charge in [0.15, 0.2) is 5.82 Å². The van der Waals surface area contributed by atoms with Crippen LogP contribution in [0.25, 0.3) is 0 Å². The number of hydrogen-bond acceptors (Lipinski definition) is 5. The molecule has 5 heteroatoms. The van der Waals surface area contributed by atoms with Crippen molar-refractivity contribution < 1.29 is 0 Å². The van der Waals surface area contributed by atoms with E-state index in [4.69, 9.17) is 5.26 Å². The lowest BCUT2D eigenvalue weighted by Gasteiger charge is -2.33. The lowest BCUT2D eigenvalue weighted by Crippen LogP contribution is -2.45. The maximum atomic E-state index is 8.95. The number of rotatable bonds is 4. The van der Waals surface area contributed by atoms with Gasteiger partial charge >= 0.3 is 0 Å². The highest BCUT2D eigenvalue weighted by atomic mass is 15.3. The van der Waals surface area contributed by atoms with E-state index in [1.165, 1.54) is 0 Å². The number of piperidine rings is 1. The molecule has 0 bridgehead atoms. The van der Waals surface area contributed by atoms with Gasteiger partial charge in [-0.2, -0.15) is 10.4 Å². The third-order valence-electron chi connectivity index (χ3n) is 3.95. The van der Waals surface area contributed by atoms with Crippen LogP contribution in [0.1, 0.15) is 24.0 Å². The Kier molecular flexibility index (Phi) is 4.62. The van der Waals surface area contributed by atoms with Crippen molar-refractivity contribution >= 4 is 5.82 Å². The van der Waals surface area contributed by atoms with Gasteiger partial charge in [-0.3, -0.25) is 0 Å². The zero-order chi connectivity index (χ0) is 15.2. The Labute approximate surface area is 130 Å². The lowest BCUT2D eigenvalue weighted by molar-refractivity contribution is 0.419. The van der Waals surface area contributed by atoms with Gasteiger partial charge < -0.3 is 10.2 Å². The van der Waals surface area contributed by atoms with E-state index in [0.29, 0.717) is 11.6 Å². The van der Waals surface area contributed by atoms with Crippen LogP contribution in [0.15, 0.2) is 42.6 Å². The average molecular weight is 293 g/mol. The number of anilines is 1. The van der Waals surface area contributed by atoms with E-state index in [9.17, 15) is 0 Å². The van der Waals surface area contributed by atoms with E-state index in [-0.39, 0.29) is 0 Å². The normalized spacial score (nSPS) is 18.0. The first-order valence-corrected chi connectivity index (χ1v) is 7.60. The molecule has 0 spiro atoms. The second kappa shape index (κ2) is 7.01. The second-order valence-electron chi connectivity index (χ2n) is 5.56. The first kappa shape index (κ1) is 14.5. The van der Waals surface area contributed by atoms with Crippen LogP contribution in [0.5, 0.6) is 0 Å². The maximum Gasteiger partial charge on any atom is 0.151 e. The number of hydrogen-bond donors (Lipinski definition) is 1. The summed E-state index contributed by atoms with van der Waals surface area (Å²) in [6.07, 6.45) is 4.01. The zero-order valence-electron chi connectivity index (χ0n) is 12.4. The molecule has 112 valence electrons. The molecule has 1 unspecified atom stereocenters. The molecule has 1 saturated heterocycles. The van der Waals surface area contributed by atoms with Gasteiger partial charge in [0.1, 0.15) is 0 Å². The van der Waals surface area contributed by atoms with Crippen molar-refractivity contribution in [3.63, 3.8) is 0 Å².